The largest absolute Gasteiger partial charge is 0.493 e. The van der Waals surface area contributed by atoms with Crippen LogP contribution in [0.25, 0.3) is 6.08 Å². The zero-order valence-corrected chi connectivity index (χ0v) is 18.6. The van der Waals surface area contributed by atoms with Crippen LogP contribution in [0.4, 0.5) is 18.9 Å². The van der Waals surface area contributed by atoms with Crippen molar-refractivity contribution in [2.75, 3.05) is 12.4 Å². The minimum absolute atomic E-state index is 0.190. The van der Waals surface area contributed by atoms with Crippen molar-refractivity contribution in [1.82, 2.24) is 0 Å². The van der Waals surface area contributed by atoms with E-state index in [1.165, 1.54) is 31.4 Å². The Morgan fingerprint density at radius 3 is 2.47 bits per heavy atom. The number of alkyl halides is 3. The lowest BCUT2D eigenvalue weighted by molar-refractivity contribution is -0.137. The summed E-state index contributed by atoms with van der Waals surface area (Å²) in [7, 11) is 1.43. The Bertz CT molecular complexity index is 1270. The van der Waals surface area contributed by atoms with E-state index >= 15 is 0 Å². The van der Waals surface area contributed by atoms with E-state index in [4.69, 9.17) is 21.1 Å². The Balaban J connectivity index is 1.80. The lowest BCUT2D eigenvalue weighted by Crippen LogP contribution is -2.17. The minimum Gasteiger partial charge on any atom is -0.493 e. The molecule has 3 aromatic rings. The second-order valence-corrected chi connectivity index (χ2v) is 7.36. The highest BCUT2D eigenvalue weighted by Crippen LogP contribution is 2.35. The number of nitrogens with zero attached hydrogens (tertiary/aromatic N) is 1. The third kappa shape index (κ3) is 6.09. The highest BCUT2D eigenvalue weighted by atomic mass is 35.5. The van der Waals surface area contributed by atoms with Gasteiger partial charge in [-0.3, -0.25) is 4.79 Å². The first kappa shape index (κ1) is 24.7. The molecular weight excluding hydrogens is 469 g/mol. The number of para-hydroxylation sites is 1. The van der Waals surface area contributed by atoms with Crippen LogP contribution in [0.5, 0.6) is 11.5 Å². The molecule has 34 heavy (non-hydrogen) atoms. The fourth-order valence-corrected chi connectivity index (χ4v) is 3.20. The number of halogens is 4. The maximum absolute atomic E-state index is 13.2. The van der Waals surface area contributed by atoms with Crippen LogP contribution in [0.1, 0.15) is 16.7 Å². The highest BCUT2D eigenvalue weighted by Gasteiger charge is 2.33. The molecule has 0 radical (unpaired) electrons. The first-order valence-electron chi connectivity index (χ1n) is 9.86. The summed E-state index contributed by atoms with van der Waals surface area (Å²) in [5, 5.41) is 12.1. The van der Waals surface area contributed by atoms with Gasteiger partial charge >= 0.3 is 6.18 Å². The standard InChI is InChI=1S/C25H18ClF3N2O3/c1-33-23-13-16(10-11-22(23)34-15-17-6-2-4-8-20(17)26)12-18(14-30)24(32)31-21-9-5-3-7-19(21)25(27,28)29/h2-13H,15H2,1H3,(H,31,32)/b18-12-. The average Bonchev–Trinajstić information content (AvgIpc) is 2.82. The van der Waals surface area contributed by atoms with Crippen molar-refractivity contribution in [3.63, 3.8) is 0 Å². The Morgan fingerprint density at radius 2 is 1.79 bits per heavy atom. The topological polar surface area (TPSA) is 71.3 Å². The van der Waals surface area contributed by atoms with E-state index < -0.39 is 23.3 Å². The van der Waals surface area contributed by atoms with Crippen LogP contribution in [0.3, 0.4) is 0 Å². The molecule has 0 aliphatic rings. The Morgan fingerprint density at radius 1 is 1.09 bits per heavy atom. The van der Waals surface area contributed by atoms with E-state index in [9.17, 15) is 23.2 Å². The predicted molar refractivity (Wildman–Crippen MR) is 122 cm³/mol. The third-order valence-electron chi connectivity index (χ3n) is 4.69. The molecule has 0 aliphatic carbocycles. The Kier molecular flexibility index (Phi) is 7.82. The molecule has 0 saturated carbocycles. The molecule has 0 atom stereocenters. The van der Waals surface area contributed by atoms with Gasteiger partial charge in [0, 0.05) is 10.6 Å². The maximum Gasteiger partial charge on any atom is 0.418 e. The number of carbonyl (C=O) groups is 1. The highest BCUT2D eigenvalue weighted by molar-refractivity contribution is 6.31. The van der Waals surface area contributed by atoms with Gasteiger partial charge in [-0.15, -0.1) is 0 Å². The number of methoxy groups -OCH3 is 1. The second-order valence-electron chi connectivity index (χ2n) is 6.96. The number of ether oxygens (including phenoxy) is 2. The van der Waals surface area contributed by atoms with Gasteiger partial charge in [-0.2, -0.15) is 18.4 Å². The normalized spacial score (nSPS) is 11.5. The van der Waals surface area contributed by atoms with Crippen molar-refractivity contribution in [3.05, 3.63) is 94.0 Å². The van der Waals surface area contributed by atoms with Gasteiger partial charge in [0.25, 0.3) is 5.91 Å². The summed E-state index contributed by atoms with van der Waals surface area (Å²) < 4.78 is 50.6. The number of carbonyl (C=O) groups excluding carboxylic acids is 1. The summed E-state index contributed by atoms with van der Waals surface area (Å²) in [5.41, 5.74) is -0.649. The summed E-state index contributed by atoms with van der Waals surface area (Å²) in [6.07, 6.45) is -3.42. The van der Waals surface area contributed by atoms with E-state index in [-0.39, 0.29) is 12.2 Å². The number of benzene rings is 3. The number of anilines is 1. The first-order chi connectivity index (χ1) is 16.2. The summed E-state index contributed by atoms with van der Waals surface area (Å²) in [4.78, 5) is 12.5. The molecular formula is C25H18ClF3N2O3. The molecule has 9 heteroatoms. The van der Waals surface area contributed by atoms with Gasteiger partial charge in [-0.05, 0) is 42.0 Å². The number of hydrogen-bond donors (Lipinski definition) is 1. The smallest absolute Gasteiger partial charge is 0.418 e. The molecule has 0 heterocycles. The van der Waals surface area contributed by atoms with Gasteiger partial charge in [0.15, 0.2) is 11.5 Å². The number of amides is 1. The van der Waals surface area contributed by atoms with Crippen LogP contribution in [0.2, 0.25) is 5.02 Å². The predicted octanol–water partition coefficient (Wildman–Crippen LogP) is 6.49. The van der Waals surface area contributed by atoms with Crippen molar-refractivity contribution in [3.8, 4) is 17.6 Å². The van der Waals surface area contributed by atoms with E-state index in [1.807, 2.05) is 12.1 Å². The molecule has 1 N–H and O–H groups in total. The summed E-state index contributed by atoms with van der Waals surface area (Å²) in [6, 6.07) is 18.1. The quantitative estimate of drug-likeness (QED) is 0.306. The molecule has 0 fully saturated rings. The second kappa shape index (κ2) is 10.8. The van der Waals surface area contributed by atoms with E-state index in [0.717, 1.165) is 17.7 Å². The number of hydrogen-bond acceptors (Lipinski definition) is 4. The zero-order valence-electron chi connectivity index (χ0n) is 17.8. The average molecular weight is 487 g/mol. The van der Waals surface area contributed by atoms with Crippen LogP contribution in [0, 0.1) is 11.3 Å². The van der Waals surface area contributed by atoms with Gasteiger partial charge in [0.2, 0.25) is 0 Å². The molecule has 5 nitrogen and oxygen atoms in total. The monoisotopic (exact) mass is 486 g/mol. The van der Waals surface area contributed by atoms with Gasteiger partial charge in [-0.25, -0.2) is 0 Å². The van der Waals surface area contributed by atoms with Crippen LogP contribution in [-0.4, -0.2) is 13.0 Å². The minimum atomic E-state index is -4.66. The maximum atomic E-state index is 13.2. The van der Waals surface area contributed by atoms with Gasteiger partial charge in [-0.1, -0.05) is 48.0 Å². The molecule has 174 valence electrons. The number of nitriles is 1. The van der Waals surface area contributed by atoms with Crippen LogP contribution in [0.15, 0.2) is 72.3 Å². The van der Waals surface area contributed by atoms with Crippen molar-refractivity contribution in [2.45, 2.75) is 12.8 Å². The summed E-state index contributed by atoms with van der Waals surface area (Å²) in [6.45, 7) is 0.190. The molecule has 3 rings (SSSR count). The van der Waals surface area contributed by atoms with Gasteiger partial charge in [0.05, 0.1) is 18.4 Å². The van der Waals surface area contributed by atoms with E-state index in [2.05, 4.69) is 5.32 Å². The first-order valence-corrected chi connectivity index (χ1v) is 10.2. The van der Waals surface area contributed by atoms with Crippen molar-refractivity contribution in [1.29, 1.82) is 5.26 Å². The van der Waals surface area contributed by atoms with Gasteiger partial charge in [0.1, 0.15) is 18.2 Å². The van der Waals surface area contributed by atoms with E-state index in [1.54, 1.807) is 30.3 Å². The van der Waals surface area contributed by atoms with Crippen molar-refractivity contribution >= 4 is 29.3 Å². The molecule has 1 amide bonds. The molecule has 3 aromatic carbocycles. The number of nitrogens with one attached hydrogen (secondary N) is 1. The van der Waals surface area contributed by atoms with Crippen LogP contribution < -0.4 is 14.8 Å². The molecule has 0 saturated heterocycles. The molecule has 0 aromatic heterocycles. The lowest BCUT2D eigenvalue weighted by Gasteiger charge is -2.13. The molecule has 0 unspecified atom stereocenters. The summed E-state index contributed by atoms with van der Waals surface area (Å²) >= 11 is 6.14. The van der Waals surface area contributed by atoms with Crippen LogP contribution in [-0.2, 0) is 17.6 Å². The lowest BCUT2D eigenvalue weighted by atomic mass is 10.1. The van der Waals surface area contributed by atoms with Crippen molar-refractivity contribution < 1.29 is 27.4 Å². The van der Waals surface area contributed by atoms with E-state index in [0.29, 0.717) is 22.1 Å². The Labute approximate surface area is 199 Å². The van der Waals surface area contributed by atoms with Gasteiger partial charge < -0.3 is 14.8 Å². The molecule has 0 aliphatic heterocycles. The van der Waals surface area contributed by atoms with Crippen LogP contribution >= 0.6 is 11.6 Å². The fraction of sp³-hybridized carbons (Fsp3) is 0.120. The third-order valence-corrected chi connectivity index (χ3v) is 5.05. The SMILES string of the molecule is COc1cc(/C=C(/C#N)C(=O)Nc2ccccc2C(F)(F)F)ccc1OCc1ccccc1Cl. The molecule has 0 spiro atoms. The van der Waals surface area contributed by atoms with Crippen molar-refractivity contribution in [2.24, 2.45) is 0 Å². The fourth-order valence-electron chi connectivity index (χ4n) is 3.01. The summed E-state index contributed by atoms with van der Waals surface area (Å²) in [5.74, 6) is -0.236. The Hall–Kier alpha value is -3.96. The zero-order chi connectivity index (χ0) is 24.7. The number of rotatable bonds is 7. The molecule has 0 bridgehead atoms.